The van der Waals surface area contributed by atoms with Gasteiger partial charge in [-0.1, -0.05) is 32.9 Å². The maximum Gasteiger partial charge on any atom is 0.321 e. The maximum atomic E-state index is 12.3. The van der Waals surface area contributed by atoms with Crippen LogP contribution in [0.3, 0.4) is 0 Å². The summed E-state index contributed by atoms with van der Waals surface area (Å²) in [5.74, 6) is 0.566. The number of nitrogens with one attached hydrogen (secondary N) is 1. The smallest absolute Gasteiger partial charge is 0.321 e. The van der Waals surface area contributed by atoms with E-state index in [0.717, 1.165) is 44.8 Å². The Balaban J connectivity index is 1.84. The minimum atomic E-state index is 0.0208. The van der Waals surface area contributed by atoms with Crippen LogP contribution in [0.2, 0.25) is 0 Å². The summed E-state index contributed by atoms with van der Waals surface area (Å²) in [7, 11) is 0. The standard InChI is InChI=1S/C18H29N3O/c1-4-10-20-11-13-21(14-12-20)18(22)19-17-8-6-16(7-9-17)15(3)5-2/h6-9,15H,4-5,10-14H2,1-3H3,(H,19,22)/t15-/m0/s1. The molecule has 0 aromatic heterocycles. The molecule has 1 aromatic carbocycles. The van der Waals surface area contributed by atoms with Crippen molar-refractivity contribution in [3.63, 3.8) is 0 Å². The average molecular weight is 303 g/mol. The first kappa shape index (κ1) is 16.8. The first-order chi connectivity index (χ1) is 10.6. The highest BCUT2D eigenvalue weighted by atomic mass is 16.2. The van der Waals surface area contributed by atoms with Crippen molar-refractivity contribution in [3.8, 4) is 0 Å². The van der Waals surface area contributed by atoms with Gasteiger partial charge in [-0.25, -0.2) is 4.79 Å². The van der Waals surface area contributed by atoms with E-state index < -0.39 is 0 Å². The number of hydrogen-bond donors (Lipinski definition) is 1. The molecule has 2 rings (SSSR count). The van der Waals surface area contributed by atoms with Gasteiger partial charge in [0.15, 0.2) is 0 Å². The molecule has 0 bridgehead atoms. The van der Waals surface area contributed by atoms with Gasteiger partial charge < -0.3 is 10.2 Å². The average Bonchev–Trinajstić information content (AvgIpc) is 2.55. The summed E-state index contributed by atoms with van der Waals surface area (Å²) in [4.78, 5) is 16.6. The van der Waals surface area contributed by atoms with E-state index in [1.165, 1.54) is 12.0 Å². The lowest BCUT2D eigenvalue weighted by Gasteiger charge is -2.34. The molecule has 0 aliphatic carbocycles. The normalized spacial score (nSPS) is 17.3. The Morgan fingerprint density at radius 2 is 1.77 bits per heavy atom. The van der Waals surface area contributed by atoms with Crippen LogP contribution in [0.15, 0.2) is 24.3 Å². The van der Waals surface area contributed by atoms with Gasteiger partial charge >= 0.3 is 6.03 Å². The molecule has 4 heteroatoms. The van der Waals surface area contributed by atoms with Gasteiger partial charge in [-0.15, -0.1) is 0 Å². The van der Waals surface area contributed by atoms with Gasteiger partial charge in [-0.05, 0) is 43.0 Å². The Kier molecular flexibility index (Phi) is 6.25. The van der Waals surface area contributed by atoms with E-state index >= 15 is 0 Å². The van der Waals surface area contributed by atoms with Crippen molar-refractivity contribution in [2.75, 3.05) is 38.0 Å². The Hall–Kier alpha value is -1.55. The number of hydrogen-bond acceptors (Lipinski definition) is 2. The highest BCUT2D eigenvalue weighted by Crippen LogP contribution is 2.20. The van der Waals surface area contributed by atoms with Crippen LogP contribution in [0.4, 0.5) is 10.5 Å². The van der Waals surface area contributed by atoms with Crippen molar-refractivity contribution in [2.24, 2.45) is 0 Å². The van der Waals surface area contributed by atoms with Gasteiger partial charge in [0.2, 0.25) is 0 Å². The van der Waals surface area contributed by atoms with E-state index in [9.17, 15) is 4.79 Å². The first-order valence-corrected chi connectivity index (χ1v) is 8.52. The third-order valence-corrected chi connectivity index (χ3v) is 4.54. The molecule has 22 heavy (non-hydrogen) atoms. The largest absolute Gasteiger partial charge is 0.322 e. The highest BCUT2D eigenvalue weighted by Gasteiger charge is 2.20. The third-order valence-electron chi connectivity index (χ3n) is 4.54. The van der Waals surface area contributed by atoms with Crippen LogP contribution in [-0.4, -0.2) is 48.6 Å². The molecule has 0 radical (unpaired) electrons. The minimum Gasteiger partial charge on any atom is -0.322 e. The fourth-order valence-corrected chi connectivity index (χ4v) is 2.82. The van der Waals surface area contributed by atoms with Crippen LogP contribution in [0.5, 0.6) is 0 Å². The molecule has 1 aliphatic rings. The van der Waals surface area contributed by atoms with Crippen LogP contribution >= 0.6 is 0 Å². The number of rotatable bonds is 5. The Labute approximate surface area is 134 Å². The van der Waals surface area contributed by atoms with E-state index in [2.05, 4.69) is 43.1 Å². The van der Waals surface area contributed by atoms with Gasteiger partial charge in [-0.2, -0.15) is 0 Å². The molecular weight excluding hydrogens is 274 g/mol. The summed E-state index contributed by atoms with van der Waals surface area (Å²) in [6, 6.07) is 8.26. The van der Waals surface area contributed by atoms with Crippen molar-refractivity contribution in [1.82, 2.24) is 9.80 Å². The summed E-state index contributed by atoms with van der Waals surface area (Å²) in [6.07, 6.45) is 2.31. The highest BCUT2D eigenvalue weighted by molar-refractivity contribution is 5.89. The van der Waals surface area contributed by atoms with E-state index in [1.54, 1.807) is 0 Å². The van der Waals surface area contributed by atoms with Gasteiger partial charge in [0.05, 0.1) is 0 Å². The number of anilines is 1. The fourth-order valence-electron chi connectivity index (χ4n) is 2.82. The summed E-state index contributed by atoms with van der Waals surface area (Å²) >= 11 is 0. The van der Waals surface area contributed by atoms with Gasteiger partial charge in [-0.3, -0.25) is 4.90 Å². The molecule has 1 heterocycles. The molecule has 1 atom stereocenters. The van der Waals surface area contributed by atoms with Crippen LogP contribution in [0, 0.1) is 0 Å². The van der Waals surface area contributed by atoms with Crippen LogP contribution in [-0.2, 0) is 0 Å². The predicted molar refractivity (Wildman–Crippen MR) is 92.5 cm³/mol. The van der Waals surface area contributed by atoms with Crippen LogP contribution in [0.25, 0.3) is 0 Å². The molecule has 1 aromatic rings. The molecule has 122 valence electrons. The molecule has 4 nitrogen and oxygen atoms in total. The molecule has 1 aliphatic heterocycles. The van der Waals surface area contributed by atoms with Crippen LogP contribution in [0.1, 0.15) is 45.1 Å². The number of nitrogens with zero attached hydrogens (tertiary/aromatic N) is 2. The zero-order chi connectivity index (χ0) is 15.9. The van der Waals surface area contributed by atoms with Gasteiger partial charge in [0.1, 0.15) is 0 Å². The lowest BCUT2D eigenvalue weighted by atomic mass is 9.99. The zero-order valence-corrected chi connectivity index (χ0v) is 14.1. The van der Waals surface area contributed by atoms with Crippen molar-refractivity contribution in [1.29, 1.82) is 0 Å². The lowest BCUT2D eigenvalue weighted by Crippen LogP contribution is -2.50. The summed E-state index contributed by atoms with van der Waals surface area (Å²) < 4.78 is 0. The van der Waals surface area contributed by atoms with E-state index in [4.69, 9.17) is 0 Å². The second-order valence-corrected chi connectivity index (χ2v) is 6.19. The van der Waals surface area contributed by atoms with Gasteiger partial charge in [0.25, 0.3) is 0 Å². The van der Waals surface area contributed by atoms with Gasteiger partial charge in [0, 0.05) is 31.9 Å². The molecule has 1 saturated heterocycles. The Bertz CT molecular complexity index is 464. The van der Waals surface area contributed by atoms with E-state index in [1.807, 2.05) is 17.0 Å². The molecule has 0 spiro atoms. The Morgan fingerprint density at radius 3 is 2.32 bits per heavy atom. The van der Waals surface area contributed by atoms with Crippen molar-refractivity contribution in [3.05, 3.63) is 29.8 Å². The molecule has 1 fully saturated rings. The van der Waals surface area contributed by atoms with Crippen molar-refractivity contribution >= 4 is 11.7 Å². The SMILES string of the molecule is CCCN1CCN(C(=O)Nc2ccc([C@@H](C)CC)cc2)CC1. The Morgan fingerprint density at radius 1 is 1.14 bits per heavy atom. The number of benzene rings is 1. The number of amides is 2. The predicted octanol–water partition coefficient (Wildman–Crippen LogP) is 3.76. The van der Waals surface area contributed by atoms with E-state index in [0.29, 0.717) is 5.92 Å². The first-order valence-electron chi connectivity index (χ1n) is 8.52. The van der Waals surface area contributed by atoms with Crippen molar-refractivity contribution in [2.45, 2.75) is 39.5 Å². The molecule has 0 saturated carbocycles. The molecule has 0 unspecified atom stereocenters. The quantitative estimate of drug-likeness (QED) is 0.899. The van der Waals surface area contributed by atoms with Crippen molar-refractivity contribution < 1.29 is 4.79 Å². The third kappa shape index (κ3) is 4.47. The maximum absolute atomic E-state index is 12.3. The summed E-state index contributed by atoms with van der Waals surface area (Å²) in [5.41, 5.74) is 2.21. The summed E-state index contributed by atoms with van der Waals surface area (Å²) in [6.45, 7) is 11.3. The number of urea groups is 1. The monoisotopic (exact) mass is 303 g/mol. The van der Waals surface area contributed by atoms with E-state index in [-0.39, 0.29) is 6.03 Å². The number of carbonyl (C=O) groups excluding carboxylic acids is 1. The molecular formula is C18H29N3O. The number of carbonyl (C=O) groups is 1. The summed E-state index contributed by atoms with van der Waals surface area (Å²) in [5, 5.41) is 3.01. The fraction of sp³-hybridized carbons (Fsp3) is 0.611. The molecule has 1 N–H and O–H groups in total. The topological polar surface area (TPSA) is 35.6 Å². The minimum absolute atomic E-state index is 0.0208. The lowest BCUT2D eigenvalue weighted by molar-refractivity contribution is 0.147. The zero-order valence-electron chi connectivity index (χ0n) is 14.1. The second-order valence-electron chi connectivity index (χ2n) is 6.19. The molecule has 2 amide bonds. The van der Waals surface area contributed by atoms with Crippen LogP contribution < -0.4 is 5.32 Å². The second kappa shape index (κ2) is 8.18. The number of piperazine rings is 1.